The van der Waals surface area contributed by atoms with Gasteiger partial charge in [0.1, 0.15) is 4.83 Å². The first kappa shape index (κ1) is 19.0. The van der Waals surface area contributed by atoms with E-state index in [0.717, 1.165) is 27.8 Å². The summed E-state index contributed by atoms with van der Waals surface area (Å²) in [5, 5.41) is 6.16. The first-order chi connectivity index (χ1) is 14.6. The van der Waals surface area contributed by atoms with Crippen molar-refractivity contribution in [2.24, 2.45) is 0 Å². The fourth-order valence-corrected chi connectivity index (χ4v) is 5.20. The summed E-state index contributed by atoms with van der Waals surface area (Å²) < 4.78 is 3.16. The van der Waals surface area contributed by atoms with Gasteiger partial charge < -0.3 is 0 Å². The van der Waals surface area contributed by atoms with Crippen molar-refractivity contribution >= 4 is 38.8 Å². The molecule has 0 aliphatic carbocycles. The molecule has 0 N–H and O–H groups in total. The molecule has 4 heterocycles. The smallest absolute Gasteiger partial charge is 0.278 e. The van der Waals surface area contributed by atoms with Crippen LogP contribution in [0.15, 0.2) is 53.6 Å². The summed E-state index contributed by atoms with van der Waals surface area (Å²) in [5.74, 6) is 0.489. The molecule has 150 valence electrons. The van der Waals surface area contributed by atoms with Crippen molar-refractivity contribution in [3.05, 3.63) is 80.3 Å². The lowest BCUT2D eigenvalue weighted by molar-refractivity contribution is 0.720. The molecule has 0 aliphatic rings. The molecule has 0 spiro atoms. The highest BCUT2D eigenvalue weighted by molar-refractivity contribution is 7.19. The van der Waals surface area contributed by atoms with Crippen molar-refractivity contribution in [2.75, 3.05) is 0 Å². The number of aryl methyl sites for hydroxylation is 2. The van der Waals surface area contributed by atoms with E-state index in [1.54, 1.807) is 28.3 Å². The molecule has 1 aromatic carbocycles. The molecular formula is C22H18ClN5OS. The molecule has 0 unspecified atom stereocenters. The van der Waals surface area contributed by atoms with Crippen molar-refractivity contribution in [2.45, 2.75) is 26.8 Å². The number of halogens is 1. The highest BCUT2D eigenvalue weighted by Crippen LogP contribution is 2.34. The van der Waals surface area contributed by atoms with E-state index in [-0.39, 0.29) is 5.69 Å². The SMILES string of the molecule is CCc1c(C)sc2c1c1nc(-c3cccnc3)nn1c(=O)n2Cc1ccccc1Cl. The number of fused-ring (bicyclic) bond motifs is 3. The van der Waals surface area contributed by atoms with E-state index in [2.05, 4.69) is 23.9 Å². The van der Waals surface area contributed by atoms with Crippen molar-refractivity contribution in [3.63, 3.8) is 0 Å². The molecule has 0 bridgehead atoms. The number of hydrogen-bond donors (Lipinski definition) is 0. The number of nitrogens with zero attached hydrogens (tertiary/aromatic N) is 5. The van der Waals surface area contributed by atoms with Gasteiger partial charge in [-0.3, -0.25) is 9.55 Å². The molecule has 0 saturated heterocycles. The summed E-state index contributed by atoms with van der Waals surface area (Å²) in [7, 11) is 0. The van der Waals surface area contributed by atoms with E-state index in [9.17, 15) is 4.79 Å². The molecule has 0 saturated carbocycles. The van der Waals surface area contributed by atoms with Crippen LogP contribution in [0, 0.1) is 6.92 Å². The van der Waals surface area contributed by atoms with Crippen LogP contribution in [0.25, 0.3) is 27.3 Å². The van der Waals surface area contributed by atoms with Gasteiger partial charge in [-0.2, -0.15) is 4.52 Å². The Morgan fingerprint density at radius 2 is 2.00 bits per heavy atom. The van der Waals surface area contributed by atoms with E-state index in [1.807, 2.05) is 36.4 Å². The minimum atomic E-state index is -0.232. The summed E-state index contributed by atoms with van der Waals surface area (Å²) in [4.78, 5) is 24.4. The van der Waals surface area contributed by atoms with Crippen LogP contribution in [-0.4, -0.2) is 24.1 Å². The Hall–Kier alpha value is -3.03. The van der Waals surface area contributed by atoms with Gasteiger partial charge >= 0.3 is 5.69 Å². The zero-order chi connectivity index (χ0) is 20.8. The summed E-state index contributed by atoms with van der Waals surface area (Å²) in [6.45, 7) is 4.58. The maximum atomic E-state index is 13.5. The number of rotatable bonds is 4. The zero-order valence-electron chi connectivity index (χ0n) is 16.5. The molecule has 0 fully saturated rings. The Bertz CT molecular complexity index is 1450. The lowest BCUT2D eigenvalue weighted by Gasteiger charge is -2.10. The molecule has 0 amide bonds. The molecule has 4 aromatic heterocycles. The lowest BCUT2D eigenvalue weighted by atomic mass is 10.1. The van der Waals surface area contributed by atoms with Crippen molar-refractivity contribution in [1.29, 1.82) is 0 Å². The van der Waals surface area contributed by atoms with Gasteiger partial charge in [-0.1, -0.05) is 36.7 Å². The van der Waals surface area contributed by atoms with E-state index >= 15 is 0 Å². The molecule has 6 nitrogen and oxygen atoms in total. The highest BCUT2D eigenvalue weighted by atomic mass is 35.5. The Morgan fingerprint density at radius 3 is 2.73 bits per heavy atom. The van der Waals surface area contributed by atoms with Gasteiger partial charge in [0.2, 0.25) is 0 Å². The second kappa shape index (κ2) is 7.34. The Kier molecular flexibility index (Phi) is 4.64. The van der Waals surface area contributed by atoms with Crippen LogP contribution in [-0.2, 0) is 13.0 Å². The zero-order valence-corrected chi connectivity index (χ0v) is 18.0. The quantitative estimate of drug-likeness (QED) is 0.409. The molecule has 5 aromatic rings. The highest BCUT2D eigenvalue weighted by Gasteiger charge is 2.21. The standard InChI is InChI=1S/C22H18ClN5OS/c1-3-16-13(2)30-21-18(16)20-25-19(14-8-6-10-24-11-14)26-28(20)22(29)27(21)12-15-7-4-5-9-17(15)23/h4-11H,3,12H2,1-2H3. The summed E-state index contributed by atoms with van der Waals surface area (Å²) in [5.41, 5.74) is 3.21. The molecule has 0 radical (unpaired) electrons. The second-order valence-electron chi connectivity index (χ2n) is 7.04. The third-order valence-corrected chi connectivity index (χ3v) is 6.78. The third-order valence-electron chi connectivity index (χ3n) is 5.24. The fourth-order valence-electron chi connectivity index (χ4n) is 3.77. The molecule has 30 heavy (non-hydrogen) atoms. The minimum Gasteiger partial charge on any atom is -0.278 e. The van der Waals surface area contributed by atoms with Crippen LogP contribution in [0.1, 0.15) is 22.9 Å². The predicted octanol–water partition coefficient (Wildman–Crippen LogP) is 4.74. The van der Waals surface area contributed by atoms with E-state index in [1.165, 1.54) is 15.0 Å². The molecule has 5 rings (SSSR count). The minimum absolute atomic E-state index is 0.232. The summed E-state index contributed by atoms with van der Waals surface area (Å²) >= 11 is 8.01. The average Bonchev–Trinajstić information content (AvgIpc) is 3.34. The van der Waals surface area contributed by atoms with Crippen molar-refractivity contribution in [3.8, 4) is 11.4 Å². The van der Waals surface area contributed by atoms with Gasteiger partial charge in [0.05, 0.1) is 11.9 Å². The van der Waals surface area contributed by atoms with Crippen molar-refractivity contribution < 1.29 is 0 Å². The first-order valence-corrected chi connectivity index (χ1v) is 10.8. The number of aromatic nitrogens is 5. The Labute approximate surface area is 181 Å². The van der Waals surface area contributed by atoms with Crippen LogP contribution in [0.2, 0.25) is 5.02 Å². The topological polar surface area (TPSA) is 65.1 Å². The van der Waals surface area contributed by atoms with Gasteiger partial charge in [-0.05, 0) is 42.7 Å². The maximum absolute atomic E-state index is 13.5. The van der Waals surface area contributed by atoms with Gasteiger partial charge in [0, 0.05) is 27.9 Å². The van der Waals surface area contributed by atoms with Crippen LogP contribution in [0.3, 0.4) is 0 Å². The fraction of sp³-hybridized carbons (Fsp3) is 0.182. The summed E-state index contributed by atoms with van der Waals surface area (Å²) in [6.07, 6.45) is 4.25. The number of pyridine rings is 1. The first-order valence-electron chi connectivity index (χ1n) is 9.63. The van der Waals surface area contributed by atoms with E-state index in [0.29, 0.717) is 23.0 Å². The normalized spacial score (nSPS) is 11.6. The van der Waals surface area contributed by atoms with Crippen LogP contribution in [0.4, 0.5) is 0 Å². The number of hydrogen-bond acceptors (Lipinski definition) is 5. The van der Waals surface area contributed by atoms with Crippen LogP contribution >= 0.6 is 22.9 Å². The van der Waals surface area contributed by atoms with Gasteiger partial charge in [0.25, 0.3) is 0 Å². The monoisotopic (exact) mass is 435 g/mol. The third kappa shape index (κ3) is 2.93. The van der Waals surface area contributed by atoms with Gasteiger partial charge in [-0.25, -0.2) is 9.78 Å². The molecule has 0 atom stereocenters. The number of thiophene rings is 1. The largest absolute Gasteiger partial charge is 0.352 e. The van der Waals surface area contributed by atoms with Crippen LogP contribution < -0.4 is 5.69 Å². The van der Waals surface area contributed by atoms with Crippen LogP contribution in [0.5, 0.6) is 0 Å². The maximum Gasteiger partial charge on any atom is 0.352 e. The van der Waals surface area contributed by atoms with E-state index in [4.69, 9.17) is 16.6 Å². The van der Waals surface area contributed by atoms with Gasteiger partial charge in [0.15, 0.2) is 11.5 Å². The lowest BCUT2D eigenvalue weighted by Crippen LogP contribution is -2.28. The number of benzene rings is 1. The Morgan fingerprint density at radius 1 is 1.17 bits per heavy atom. The Balaban J connectivity index is 1.84. The second-order valence-corrected chi connectivity index (χ2v) is 8.65. The van der Waals surface area contributed by atoms with E-state index < -0.39 is 0 Å². The predicted molar refractivity (Wildman–Crippen MR) is 121 cm³/mol. The molecule has 8 heteroatoms. The molecular weight excluding hydrogens is 418 g/mol. The van der Waals surface area contributed by atoms with Crippen molar-refractivity contribution in [1.82, 2.24) is 24.1 Å². The summed E-state index contributed by atoms with van der Waals surface area (Å²) in [6, 6.07) is 11.3. The average molecular weight is 436 g/mol. The van der Waals surface area contributed by atoms with Gasteiger partial charge in [-0.15, -0.1) is 16.4 Å². The molecule has 0 aliphatic heterocycles.